The zero-order valence-electron chi connectivity index (χ0n) is 9.66. The van der Waals surface area contributed by atoms with Gasteiger partial charge in [-0.2, -0.15) is 5.26 Å². The average Bonchev–Trinajstić information content (AvgIpc) is 3.08. The van der Waals surface area contributed by atoms with Crippen LogP contribution in [0, 0.1) is 16.7 Å². The molecule has 0 spiro atoms. The Bertz CT molecular complexity index is 385. The highest BCUT2D eigenvalue weighted by Gasteiger charge is 2.40. The zero-order valence-corrected chi connectivity index (χ0v) is 9.66. The third-order valence-electron chi connectivity index (χ3n) is 3.28. The van der Waals surface area contributed by atoms with E-state index < -0.39 is 0 Å². The molecule has 1 aromatic heterocycles. The Hall–Kier alpha value is -1.56. The lowest BCUT2D eigenvalue weighted by Crippen LogP contribution is -2.15. The first kappa shape index (κ1) is 10.9. The predicted molar refractivity (Wildman–Crippen MR) is 64.0 cm³/mol. The number of nitrogens with one attached hydrogen (secondary N) is 1. The maximum absolute atomic E-state index is 8.63. The first-order chi connectivity index (χ1) is 7.78. The number of rotatable bonds is 5. The molecule has 2 rings (SSSR count). The highest BCUT2D eigenvalue weighted by atomic mass is 14.9. The fourth-order valence-corrected chi connectivity index (χ4v) is 2.08. The summed E-state index contributed by atoms with van der Waals surface area (Å²) in [6.07, 6.45) is 6.99. The van der Waals surface area contributed by atoms with Gasteiger partial charge in [-0.25, -0.2) is 4.98 Å². The van der Waals surface area contributed by atoms with Crippen molar-refractivity contribution in [2.24, 2.45) is 5.41 Å². The van der Waals surface area contributed by atoms with Crippen molar-refractivity contribution in [3.05, 3.63) is 24.0 Å². The topological polar surface area (TPSA) is 48.7 Å². The minimum Gasteiger partial charge on any atom is -0.383 e. The van der Waals surface area contributed by atoms with E-state index in [9.17, 15) is 0 Å². The SMILES string of the molecule is CCCC1(CNc2ccc(C#N)nc2)CC1. The van der Waals surface area contributed by atoms with E-state index in [0.717, 1.165) is 12.2 Å². The van der Waals surface area contributed by atoms with Crippen LogP contribution in [0.25, 0.3) is 0 Å². The van der Waals surface area contributed by atoms with Crippen LogP contribution >= 0.6 is 0 Å². The Kier molecular flexibility index (Phi) is 3.09. The van der Waals surface area contributed by atoms with E-state index in [0.29, 0.717) is 11.1 Å². The highest BCUT2D eigenvalue weighted by molar-refractivity contribution is 5.43. The van der Waals surface area contributed by atoms with E-state index in [1.54, 1.807) is 12.3 Å². The van der Waals surface area contributed by atoms with Gasteiger partial charge in [0.1, 0.15) is 11.8 Å². The van der Waals surface area contributed by atoms with Gasteiger partial charge in [0.25, 0.3) is 0 Å². The van der Waals surface area contributed by atoms with Crippen LogP contribution < -0.4 is 5.32 Å². The number of hydrogen-bond donors (Lipinski definition) is 1. The van der Waals surface area contributed by atoms with Gasteiger partial charge in [-0.15, -0.1) is 0 Å². The third-order valence-corrected chi connectivity index (χ3v) is 3.28. The van der Waals surface area contributed by atoms with E-state index in [-0.39, 0.29) is 0 Å². The van der Waals surface area contributed by atoms with Crippen molar-refractivity contribution < 1.29 is 0 Å². The van der Waals surface area contributed by atoms with E-state index in [4.69, 9.17) is 5.26 Å². The molecule has 0 aromatic carbocycles. The van der Waals surface area contributed by atoms with E-state index >= 15 is 0 Å². The van der Waals surface area contributed by atoms with Gasteiger partial charge in [-0.05, 0) is 36.8 Å². The molecule has 1 N–H and O–H groups in total. The van der Waals surface area contributed by atoms with Crippen LogP contribution in [0.5, 0.6) is 0 Å². The Labute approximate surface area is 96.5 Å². The van der Waals surface area contributed by atoms with E-state index in [1.807, 2.05) is 12.1 Å². The normalized spacial score (nSPS) is 16.5. The number of nitriles is 1. The van der Waals surface area contributed by atoms with Crippen molar-refractivity contribution in [2.75, 3.05) is 11.9 Å². The summed E-state index contributed by atoms with van der Waals surface area (Å²) in [5.41, 5.74) is 2.03. The first-order valence-electron chi connectivity index (χ1n) is 5.88. The molecule has 0 radical (unpaired) electrons. The molecule has 16 heavy (non-hydrogen) atoms. The summed E-state index contributed by atoms with van der Waals surface area (Å²) in [7, 11) is 0. The molecule has 0 bridgehead atoms. The second-order valence-electron chi connectivity index (χ2n) is 4.65. The van der Waals surface area contributed by atoms with Gasteiger partial charge in [0, 0.05) is 6.54 Å². The van der Waals surface area contributed by atoms with Crippen molar-refractivity contribution in [2.45, 2.75) is 32.6 Å². The number of anilines is 1. The maximum Gasteiger partial charge on any atom is 0.140 e. The molecule has 84 valence electrons. The summed E-state index contributed by atoms with van der Waals surface area (Å²) >= 11 is 0. The summed E-state index contributed by atoms with van der Waals surface area (Å²) in [4.78, 5) is 4.04. The van der Waals surface area contributed by atoms with Crippen molar-refractivity contribution in [3.63, 3.8) is 0 Å². The fraction of sp³-hybridized carbons (Fsp3) is 0.538. The molecule has 0 atom stereocenters. The molecule has 1 fully saturated rings. The number of hydrogen-bond acceptors (Lipinski definition) is 3. The molecule has 3 heteroatoms. The Morgan fingerprint density at radius 2 is 2.31 bits per heavy atom. The van der Waals surface area contributed by atoms with Gasteiger partial charge in [-0.3, -0.25) is 0 Å². The molecule has 0 unspecified atom stereocenters. The van der Waals surface area contributed by atoms with Crippen LogP contribution in [0.4, 0.5) is 5.69 Å². The summed E-state index contributed by atoms with van der Waals surface area (Å²) in [6, 6.07) is 5.70. The molecule has 1 aliphatic carbocycles. The van der Waals surface area contributed by atoms with Crippen molar-refractivity contribution in [1.82, 2.24) is 4.98 Å². The van der Waals surface area contributed by atoms with E-state index in [2.05, 4.69) is 17.2 Å². The van der Waals surface area contributed by atoms with E-state index in [1.165, 1.54) is 25.7 Å². The Morgan fingerprint density at radius 3 is 2.81 bits per heavy atom. The Morgan fingerprint density at radius 1 is 1.50 bits per heavy atom. The summed E-state index contributed by atoms with van der Waals surface area (Å²) in [5, 5.41) is 12.0. The molecule has 0 saturated heterocycles. The van der Waals surface area contributed by atoms with Crippen LogP contribution in [0.1, 0.15) is 38.3 Å². The van der Waals surface area contributed by atoms with Crippen LogP contribution in [0.15, 0.2) is 18.3 Å². The monoisotopic (exact) mass is 215 g/mol. The molecule has 1 aromatic rings. The Balaban J connectivity index is 1.88. The molecule has 0 amide bonds. The molecule has 1 saturated carbocycles. The predicted octanol–water partition coefficient (Wildman–Crippen LogP) is 2.95. The van der Waals surface area contributed by atoms with Crippen molar-refractivity contribution in [1.29, 1.82) is 5.26 Å². The fourth-order valence-electron chi connectivity index (χ4n) is 2.08. The minimum absolute atomic E-state index is 0.472. The van der Waals surface area contributed by atoms with Crippen molar-refractivity contribution in [3.8, 4) is 6.07 Å². The molecule has 3 nitrogen and oxygen atoms in total. The van der Waals surface area contributed by atoms with Gasteiger partial charge in [0.2, 0.25) is 0 Å². The first-order valence-corrected chi connectivity index (χ1v) is 5.88. The standard InChI is InChI=1S/C13H17N3/c1-2-5-13(6-7-13)10-16-12-4-3-11(8-14)15-9-12/h3-4,9,16H,2,5-7,10H2,1H3. The van der Waals surface area contributed by atoms with Gasteiger partial charge in [-0.1, -0.05) is 13.3 Å². The van der Waals surface area contributed by atoms with Crippen LogP contribution in [0.3, 0.4) is 0 Å². The lowest BCUT2D eigenvalue weighted by Gasteiger charge is -2.15. The van der Waals surface area contributed by atoms with Gasteiger partial charge in [0.05, 0.1) is 11.9 Å². The molecular formula is C13H17N3. The lowest BCUT2D eigenvalue weighted by atomic mass is 10.0. The summed E-state index contributed by atoms with van der Waals surface area (Å²) in [5.74, 6) is 0. The van der Waals surface area contributed by atoms with Gasteiger partial charge < -0.3 is 5.32 Å². The minimum atomic E-state index is 0.472. The number of pyridine rings is 1. The zero-order chi connectivity index (χ0) is 11.4. The maximum atomic E-state index is 8.63. The molecule has 1 aliphatic rings. The quantitative estimate of drug-likeness (QED) is 0.821. The molecule has 1 heterocycles. The number of nitrogens with zero attached hydrogens (tertiary/aromatic N) is 2. The van der Waals surface area contributed by atoms with Gasteiger partial charge >= 0.3 is 0 Å². The second kappa shape index (κ2) is 4.52. The average molecular weight is 215 g/mol. The molecule has 0 aliphatic heterocycles. The third kappa shape index (κ3) is 2.52. The lowest BCUT2D eigenvalue weighted by molar-refractivity contribution is 0.485. The van der Waals surface area contributed by atoms with Crippen LogP contribution in [0.2, 0.25) is 0 Å². The second-order valence-corrected chi connectivity index (χ2v) is 4.65. The summed E-state index contributed by atoms with van der Waals surface area (Å²) < 4.78 is 0. The largest absolute Gasteiger partial charge is 0.383 e. The van der Waals surface area contributed by atoms with Crippen LogP contribution in [-0.4, -0.2) is 11.5 Å². The molecular weight excluding hydrogens is 198 g/mol. The van der Waals surface area contributed by atoms with Crippen molar-refractivity contribution >= 4 is 5.69 Å². The van der Waals surface area contributed by atoms with Crippen LogP contribution in [-0.2, 0) is 0 Å². The smallest absolute Gasteiger partial charge is 0.140 e. The van der Waals surface area contributed by atoms with Gasteiger partial charge in [0.15, 0.2) is 0 Å². The number of aromatic nitrogens is 1. The highest BCUT2D eigenvalue weighted by Crippen LogP contribution is 2.49. The summed E-state index contributed by atoms with van der Waals surface area (Å²) in [6.45, 7) is 3.28.